The monoisotopic (exact) mass is 350 g/mol. The normalized spacial score (nSPS) is 10.8. The molecular formula is C19H12F2N4O. The maximum absolute atomic E-state index is 13.7. The molecular weight excluding hydrogens is 338 g/mol. The van der Waals surface area contributed by atoms with Gasteiger partial charge in [0, 0.05) is 5.69 Å². The maximum atomic E-state index is 13.7. The number of aromatic nitrogens is 3. The van der Waals surface area contributed by atoms with Crippen LogP contribution in [0.2, 0.25) is 0 Å². The Balaban J connectivity index is 1.62. The van der Waals surface area contributed by atoms with E-state index >= 15 is 0 Å². The van der Waals surface area contributed by atoms with Crippen molar-refractivity contribution in [3.8, 4) is 5.69 Å². The third-order valence-electron chi connectivity index (χ3n) is 3.81. The Hall–Kier alpha value is -3.61. The third-order valence-corrected chi connectivity index (χ3v) is 3.81. The van der Waals surface area contributed by atoms with Gasteiger partial charge in [-0.2, -0.15) is 4.80 Å². The second-order valence-electron chi connectivity index (χ2n) is 5.60. The van der Waals surface area contributed by atoms with Crippen LogP contribution in [0, 0.1) is 11.6 Å². The zero-order valence-electron chi connectivity index (χ0n) is 13.4. The molecule has 0 aliphatic rings. The molecule has 5 nitrogen and oxygen atoms in total. The van der Waals surface area contributed by atoms with E-state index in [1.165, 1.54) is 35.1 Å². The molecule has 4 aromatic rings. The standard InChI is InChI=1S/C19H12F2N4O/c20-12-5-8-14(9-6-12)25-23-17-10-7-13(11-18(17)24-25)22-19(26)15-3-1-2-4-16(15)21/h1-11H,(H,22,26). The van der Waals surface area contributed by atoms with Gasteiger partial charge in [0.15, 0.2) is 0 Å². The first kappa shape index (κ1) is 15.9. The van der Waals surface area contributed by atoms with Gasteiger partial charge in [0.05, 0.1) is 11.3 Å². The molecule has 128 valence electrons. The average molecular weight is 350 g/mol. The van der Waals surface area contributed by atoms with Crippen LogP contribution in [-0.2, 0) is 0 Å². The van der Waals surface area contributed by atoms with E-state index in [9.17, 15) is 13.6 Å². The SMILES string of the molecule is O=C(Nc1ccc2nn(-c3ccc(F)cc3)nc2c1)c1ccccc1F. The summed E-state index contributed by atoms with van der Waals surface area (Å²) in [6, 6.07) is 16.5. The lowest BCUT2D eigenvalue weighted by atomic mass is 10.2. The Morgan fingerprint density at radius 2 is 1.62 bits per heavy atom. The van der Waals surface area contributed by atoms with Crippen LogP contribution in [0.25, 0.3) is 16.7 Å². The van der Waals surface area contributed by atoms with Gasteiger partial charge in [-0.15, -0.1) is 10.2 Å². The van der Waals surface area contributed by atoms with Crippen LogP contribution in [0.15, 0.2) is 66.7 Å². The highest BCUT2D eigenvalue weighted by Gasteiger charge is 2.12. The number of nitrogens with zero attached hydrogens (tertiary/aromatic N) is 3. The first-order valence-corrected chi connectivity index (χ1v) is 7.79. The second-order valence-corrected chi connectivity index (χ2v) is 5.60. The van der Waals surface area contributed by atoms with Crippen LogP contribution in [-0.4, -0.2) is 20.9 Å². The molecule has 0 radical (unpaired) electrons. The molecule has 0 saturated carbocycles. The Kier molecular flexibility index (Phi) is 3.89. The summed E-state index contributed by atoms with van der Waals surface area (Å²) in [5, 5.41) is 11.3. The number of halogens is 2. The molecule has 0 fully saturated rings. The number of amides is 1. The summed E-state index contributed by atoms with van der Waals surface area (Å²) in [5.74, 6) is -1.48. The summed E-state index contributed by atoms with van der Waals surface area (Å²) in [5.41, 5.74) is 2.19. The molecule has 1 aromatic heterocycles. The molecule has 1 N–H and O–H groups in total. The lowest BCUT2D eigenvalue weighted by Crippen LogP contribution is -2.13. The van der Waals surface area contributed by atoms with Crippen molar-refractivity contribution in [3.63, 3.8) is 0 Å². The molecule has 7 heteroatoms. The van der Waals surface area contributed by atoms with Crippen LogP contribution in [0.1, 0.15) is 10.4 Å². The van der Waals surface area contributed by atoms with E-state index in [1.807, 2.05) is 0 Å². The molecule has 0 bridgehead atoms. The minimum Gasteiger partial charge on any atom is -0.322 e. The van der Waals surface area contributed by atoms with Crippen molar-refractivity contribution in [1.29, 1.82) is 0 Å². The van der Waals surface area contributed by atoms with Gasteiger partial charge in [-0.3, -0.25) is 4.79 Å². The molecule has 0 spiro atoms. The fraction of sp³-hybridized carbons (Fsp3) is 0. The summed E-state index contributed by atoms with van der Waals surface area (Å²) < 4.78 is 26.7. The Morgan fingerprint density at radius 1 is 0.885 bits per heavy atom. The Bertz CT molecular complexity index is 1110. The van der Waals surface area contributed by atoms with Crippen LogP contribution < -0.4 is 5.32 Å². The number of carbonyl (C=O) groups is 1. The van der Waals surface area contributed by atoms with E-state index in [0.717, 1.165) is 0 Å². The van der Waals surface area contributed by atoms with Gasteiger partial charge in [-0.1, -0.05) is 12.1 Å². The van der Waals surface area contributed by atoms with E-state index in [0.29, 0.717) is 22.4 Å². The van der Waals surface area contributed by atoms with E-state index in [-0.39, 0.29) is 11.4 Å². The number of rotatable bonds is 3. The Morgan fingerprint density at radius 3 is 2.38 bits per heavy atom. The highest BCUT2D eigenvalue weighted by atomic mass is 19.1. The zero-order chi connectivity index (χ0) is 18.1. The van der Waals surface area contributed by atoms with E-state index in [2.05, 4.69) is 15.5 Å². The molecule has 3 aromatic carbocycles. The quantitative estimate of drug-likeness (QED) is 0.609. The van der Waals surface area contributed by atoms with Crippen LogP contribution in [0.5, 0.6) is 0 Å². The number of benzene rings is 3. The first-order valence-electron chi connectivity index (χ1n) is 7.79. The molecule has 1 heterocycles. The van der Waals surface area contributed by atoms with E-state index in [4.69, 9.17) is 0 Å². The number of hydrogen-bond donors (Lipinski definition) is 1. The molecule has 0 unspecified atom stereocenters. The number of anilines is 1. The van der Waals surface area contributed by atoms with E-state index < -0.39 is 11.7 Å². The van der Waals surface area contributed by atoms with Gasteiger partial charge < -0.3 is 5.32 Å². The summed E-state index contributed by atoms with van der Waals surface area (Å²) in [6.07, 6.45) is 0. The summed E-state index contributed by atoms with van der Waals surface area (Å²) in [4.78, 5) is 13.6. The van der Waals surface area contributed by atoms with Gasteiger partial charge in [0.1, 0.15) is 22.7 Å². The predicted octanol–water partition coefficient (Wildman–Crippen LogP) is 3.95. The van der Waals surface area contributed by atoms with Gasteiger partial charge in [0.2, 0.25) is 0 Å². The van der Waals surface area contributed by atoms with Crippen LogP contribution >= 0.6 is 0 Å². The third kappa shape index (κ3) is 3.02. The lowest BCUT2D eigenvalue weighted by Gasteiger charge is -2.05. The molecule has 26 heavy (non-hydrogen) atoms. The fourth-order valence-electron chi connectivity index (χ4n) is 2.53. The van der Waals surface area contributed by atoms with E-state index in [1.54, 1.807) is 36.4 Å². The maximum Gasteiger partial charge on any atom is 0.258 e. The first-order chi connectivity index (χ1) is 12.6. The highest BCUT2D eigenvalue weighted by molar-refractivity contribution is 6.05. The zero-order valence-corrected chi connectivity index (χ0v) is 13.4. The minimum atomic E-state index is -0.590. The summed E-state index contributed by atoms with van der Waals surface area (Å²) >= 11 is 0. The van der Waals surface area contributed by atoms with Crippen molar-refractivity contribution < 1.29 is 13.6 Å². The highest BCUT2D eigenvalue weighted by Crippen LogP contribution is 2.19. The molecule has 0 saturated heterocycles. The fourth-order valence-corrected chi connectivity index (χ4v) is 2.53. The number of nitrogens with one attached hydrogen (secondary N) is 1. The topological polar surface area (TPSA) is 59.8 Å². The van der Waals surface area contributed by atoms with Gasteiger partial charge in [0.25, 0.3) is 5.91 Å². The van der Waals surface area contributed by atoms with Gasteiger partial charge >= 0.3 is 0 Å². The largest absolute Gasteiger partial charge is 0.322 e. The number of hydrogen-bond acceptors (Lipinski definition) is 3. The van der Waals surface area contributed by atoms with Crippen molar-refractivity contribution in [2.75, 3.05) is 5.32 Å². The number of fused-ring (bicyclic) bond motifs is 1. The average Bonchev–Trinajstić information content (AvgIpc) is 3.06. The second kappa shape index (κ2) is 6.36. The summed E-state index contributed by atoms with van der Waals surface area (Å²) in [7, 11) is 0. The van der Waals surface area contributed by atoms with Gasteiger partial charge in [-0.05, 0) is 54.6 Å². The van der Waals surface area contributed by atoms with Crippen molar-refractivity contribution in [1.82, 2.24) is 15.0 Å². The van der Waals surface area contributed by atoms with Crippen molar-refractivity contribution in [2.45, 2.75) is 0 Å². The molecule has 1 amide bonds. The molecule has 0 aliphatic carbocycles. The van der Waals surface area contributed by atoms with Crippen molar-refractivity contribution >= 4 is 22.6 Å². The summed E-state index contributed by atoms with van der Waals surface area (Å²) in [6.45, 7) is 0. The Labute approximate surface area is 146 Å². The molecule has 4 rings (SSSR count). The lowest BCUT2D eigenvalue weighted by molar-refractivity contribution is 0.102. The van der Waals surface area contributed by atoms with Crippen LogP contribution in [0.3, 0.4) is 0 Å². The van der Waals surface area contributed by atoms with Gasteiger partial charge in [-0.25, -0.2) is 8.78 Å². The molecule has 0 aliphatic heterocycles. The van der Waals surface area contributed by atoms with Crippen molar-refractivity contribution in [3.05, 3.63) is 83.9 Å². The smallest absolute Gasteiger partial charge is 0.258 e. The number of carbonyl (C=O) groups excluding carboxylic acids is 1. The minimum absolute atomic E-state index is 0.0393. The van der Waals surface area contributed by atoms with Crippen molar-refractivity contribution in [2.24, 2.45) is 0 Å². The molecule has 0 atom stereocenters. The van der Waals surface area contributed by atoms with Crippen LogP contribution in [0.4, 0.5) is 14.5 Å². The predicted molar refractivity (Wildman–Crippen MR) is 93.2 cm³/mol.